The summed E-state index contributed by atoms with van der Waals surface area (Å²) in [5, 5.41) is 32.3. The Morgan fingerprint density at radius 2 is 1.86 bits per heavy atom. The van der Waals surface area contributed by atoms with Gasteiger partial charge < -0.3 is 24.7 Å². The first-order valence-corrected chi connectivity index (χ1v) is 16.7. The number of carbonyl (C=O) groups is 2. The van der Waals surface area contributed by atoms with Crippen molar-refractivity contribution in [1.82, 2.24) is 24.8 Å². The number of halogens is 2. The Bertz CT molecular complexity index is 2010. The first-order chi connectivity index (χ1) is 23.5. The van der Waals surface area contributed by atoms with Crippen LogP contribution < -0.4 is 9.64 Å². The molecule has 3 saturated heterocycles. The van der Waals surface area contributed by atoms with E-state index in [1.165, 1.54) is 6.20 Å². The summed E-state index contributed by atoms with van der Waals surface area (Å²) in [6, 6.07) is 12.1. The summed E-state index contributed by atoms with van der Waals surface area (Å²) in [5.74, 6) is -5.96. The van der Waals surface area contributed by atoms with Gasteiger partial charge in [0.1, 0.15) is 23.6 Å². The average molecular weight is 688 g/mol. The normalized spacial score (nSPS) is 19.3. The number of ether oxygens (including phenoxy) is 1. The number of aliphatic hydroxyl groups is 2. The van der Waals surface area contributed by atoms with Crippen molar-refractivity contribution in [3.8, 4) is 23.3 Å². The topological polar surface area (TPSA) is 156 Å². The fourth-order valence-electron chi connectivity index (χ4n) is 7.61. The van der Waals surface area contributed by atoms with Crippen LogP contribution in [0.4, 0.5) is 10.2 Å². The number of carbonyl (C=O) groups excluding carboxylic acids is 2. The molecule has 4 aromatic rings. The van der Waals surface area contributed by atoms with Gasteiger partial charge in [0.2, 0.25) is 0 Å². The van der Waals surface area contributed by atoms with Gasteiger partial charge in [0.15, 0.2) is 11.6 Å². The molecule has 2 N–H and O–H groups in total. The third kappa shape index (κ3) is 5.72. The maximum Gasteiger partial charge on any atom is 0.319 e. The molecule has 1 unspecified atom stereocenters. The molecule has 7 rings (SSSR count). The zero-order chi connectivity index (χ0) is 34.5. The number of hydrogen-bond acceptors (Lipinski definition) is 11. The molecule has 0 spiro atoms. The van der Waals surface area contributed by atoms with E-state index in [1.807, 2.05) is 30.3 Å². The summed E-state index contributed by atoms with van der Waals surface area (Å²) in [5.41, 5.74) is 0.419. The average Bonchev–Trinajstić information content (AvgIpc) is 3.68. The summed E-state index contributed by atoms with van der Waals surface area (Å²) in [4.78, 5) is 44.1. The second-order valence-corrected chi connectivity index (χ2v) is 13.5. The lowest BCUT2D eigenvalue weighted by Gasteiger charge is -2.42. The molecule has 5 heterocycles. The molecule has 0 saturated carbocycles. The number of pyridine rings is 1. The van der Waals surface area contributed by atoms with Crippen LogP contribution in [-0.2, 0) is 9.59 Å². The van der Waals surface area contributed by atoms with Crippen LogP contribution in [0.2, 0.25) is 5.02 Å². The highest BCUT2D eigenvalue weighted by Crippen LogP contribution is 2.40. The van der Waals surface area contributed by atoms with Crippen molar-refractivity contribution in [2.24, 2.45) is 0 Å². The molecule has 0 bridgehead atoms. The number of Topliss-reactive ketones (excluding diaryl/α,β-unsaturated/α-hetero) is 1. The molecule has 254 valence electrons. The Hall–Kier alpha value is -4.48. The molecule has 0 aliphatic carbocycles. The third-order valence-corrected chi connectivity index (χ3v) is 10.5. The lowest BCUT2D eigenvalue weighted by Crippen LogP contribution is -2.62. The van der Waals surface area contributed by atoms with E-state index >= 15 is 4.39 Å². The Kier molecular flexibility index (Phi) is 8.60. The van der Waals surface area contributed by atoms with Crippen LogP contribution in [0.3, 0.4) is 0 Å². The Labute approximate surface area is 286 Å². The summed E-state index contributed by atoms with van der Waals surface area (Å²) in [6.07, 6.45) is 5.44. The molecule has 49 heavy (non-hydrogen) atoms. The number of rotatable bonds is 8. The number of ketones is 1. The molecule has 12 nitrogen and oxygen atoms in total. The van der Waals surface area contributed by atoms with Gasteiger partial charge >= 0.3 is 11.8 Å². The highest BCUT2D eigenvalue weighted by atomic mass is 35.5. The molecule has 3 fully saturated rings. The van der Waals surface area contributed by atoms with Gasteiger partial charge in [-0.05, 0) is 50.2 Å². The molecular weight excluding hydrogens is 653 g/mol. The first-order valence-electron chi connectivity index (χ1n) is 16.3. The zero-order valence-corrected chi connectivity index (χ0v) is 27.7. The molecule has 2 aromatic carbocycles. The van der Waals surface area contributed by atoms with Crippen molar-refractivity contribution in [1.29, 1.82) is 5.26 Å². The SMILES string of the molecule is CC(=O)C(O)(O)C(=O)N1CCN(c2nc(OCC34CCCN3CCC4)nc3c(F)c(-c4cccc5cccc(Cl)c45)ncc23)CC1CC#N. The van der Waals surface area contributed by atoms with Gasteiger partial charge in [0, 0.05) is 48.7 Å². The molecule has 3 aliphatic rings. The molecule has 14 heteroatoms. The van der Waals surface area contributed by atoms with Crippen LogP contribution in [0.5, 0.6) is 6.01 Å². The predicted molar refractivity (Wildman–Crippen MR) is 179 cm³/mol. The molecular formula is C35H35ClFN7O5. The fraction of sp³-hybridized carbons (Fsp3) is 0.429. The lowest BCUT2D eigenvalue weighted by atomic mass is 9.95. The van der Waals surface area contributed by atoms with Gasteiger partial charge in [-0.25, -0.2) is 4.39 Å². The minimum Gasteiger partial charge on any atom is -0.461 e. The van der Waals surface area contributed by atoms with Crippen LogP contribution in [0.1, 0.15) is 39.0 Å². The van der Waals surface area contributed by atoms with Crippen LogP contribution in [-0.4, -0.2) is 103 Å². The van der Waals surface area contributed by atoms with Gasteiger partial charge in [0.05, 0.1) is 29.5 Å². The van der Waals surface area contributed by atoms with Crippen molar-refractivity contribution >= 4 is 50.8 Å². The number of nitriles is 1. The number of anilines is 1. The number of piperazine rings is 1. The number of nitrogens with zero attached hydrogens (tertiary/aromatic N) is 7. The van der Waals surface area contributed by atoms with Gasteiger partial charge in [-0.2, -0.15) is 15.2 Å². The summed E-state index contributed by atoms with van der Waals surface area (Å²) >= 11 is 6.59. The largest absolute Gasteiger partial charge is 0.461 e. The molecule has 1 atom stereocenters. The van der Waals surface area contributed by atoms with E-state index < -0.39 is 29.3 Å². The van der Waals surface area contributed by atoms with Crippen molar-refractivity contribution in [2.75, 3.05) is 44.2 Å². The number of fused-ring (bicyclic) bond motifs is 3. The zero-order valence-electron chi connectivity index (χ0n) is 26.9. The van der Waals surface area contributed by atoms with Crippen LogP contribution in [0.15, 0.2) is 42.6 Å². The van der Waals surface area contributed by atoms with E-state index in [-0.39, 0.29) is 48.8 Å². The van der Waals surface area contributed by atoms with Crippen molar-refractivity contribution in [2.45, 2.75) is 56.4 Å². The van der Waals surface area contributed by atoms with E-state index in [2.05, 4.69) is 14.9 Å². The maximum atomic E-state index is 16.8. The predicted octanol–water partition coefficient (Wildman–Crippen LogP) is 3.85. The summed E-state index contributed by atoms with van der Waals surface area (Å²) in [7, 11) is 0. The van der Waals surface area contributed by atoms with Gasteiger partial charge in [-0.1, -0.05) is 41.9 Å². The van der Waals surface area contributed by atoms with E-state index in [1.54, 1.807) is 17.0 Å². The fourth-order valence-corrected chi connectivity index (χ4v) is 7.90. The smallest absolute Gasteiger partial charge is 0.319 e. The maximum absolute atomic E-state index is 16.8. The van der Waals surface area contributed by atoms with Crippen molar-refractivity contribution in [3.05, 3.63) is 53.4 Å². The molecule has 1 amide bonds. The van der Waals surface area contributed by atoms with Crippen LogP contribution in [0, 0.1) is 17.1 Å². The van der Waals surface area contributed by atoms with E-state index in [0.29, 0.717) is 33.8 Å². The van der Waals surface area contributed by atoms with Gasteiger partial charge in [0.25, 0.3) is 5.91 Å². The molecule has 3 aliphatic heterocycles. The minimum atomic E-state index is -3.22. The quantitative estimate of drug-likeness (QED) is 0.205. The lowest BCUT2D eigenvalue weighted by molar-refractivity contribution is -0.199. The minimum absolute atomic E-state index is 0.0146. The number of hydrogen-bond donors (Lipinski definition) is 2. The van der Waals surface area contributed by atoms with Gasteiger partial charge in [-0.3, -0.25) is 19.5 Å². The second kappa shape index (κ2) is 12.8. The standard InChI is InChI=1S/C35H35ClFN7O5/c1-21(45)35(47,48)32(46)44-17-16-42(19-23(44)10-13-38)31-25-18-39-29(24-8-2-6-22-7-3-9-26(36)27(22)24)28(37)30(25)40-33(41-31)49-20-34-11-4-14-43(34)15-5-12-34/h2-3,6-9,18,23,47-48H,4-5,10-12,14-17,19-20H2,1H3. The van der Waals surface area contributed by atoms with E-state index in [0.717, 1.165) is 56.0 Å². The van der Waals surface area contributed by atoms with Crippen LogP contribution >= 0.6 is 11.6 Å². The summed E-state index contributed by atoms with van der Waals surface area (Å²) in [6.45, 7) is 3.33. The highest BCUT2D eigenvalue weighted by molar-refractivity contribution is 6.36. The second-order valence-electron chi connectivity index (χ2n) is 13.1. The van der Waals surface area contributed by atoms with Crippen molar-refractivity contribution in [3.63, 3.8) is 0 Å². The number of aromatic nitrogens is 3. The van der Waals surface area contributed by atoms with Gasteiger partial charge in [-0.15, -0.1) is 0 Å². The van der Waals surface area contributed by atoms with E-state index in [9.17, 15) is 25.1 Å². The highest BCUT2D eigenvalue weighted by Gasteiger charge is 2.47. The Balaban J connectivity index is 1.31. The Morgan fingerprint density at radius 1 is 1.12 bits per heavy atom. The number of benzene rings is 2. The molecule has 2 aromatic heterocycles. The monoisotopic (exact) mass is 687 g/mol. The van der Waals surface area contributed by atoms with Crippen molar-refractivity contribution < 1.29 is 28.9 Å². The number of amides is 1. The third-order valence-electron chi connectivity index (χ3n) is 10.2. The summed E-state index contributed by atoms with van der Waals surface area (Å²) < 4.78 is 23.1. The first kappa shape index (κ1) is 33.0. The Morgan fingerprint density at radius 3 is 2.57 bits per heavy atom. The molecule has 0 radical (unpaired) electrons. The van der Waals surface area contributed by atoms with Crippen LogP contribution in [0.25, 0.3) is 32.9 Å². The van der Waals surface area contributed by atoms with E-state index in [4.69, 9.17) is 21.3 Å².